The van der Waals surface area contributed by atoms with Gasteiger partial charge in [-0.05, 0) is 38.8 Å². The number of nitrogens with two attached hydrogens (primary N) is 1. The zero-order chi connectivity index (χ0) is 13.4. The molecule has 2 unspecified atom stereocenters. The van der Waals surface area contributed by atoms with E-state index in [1.165, 1.54) is 0 Å². The summed E-state index contributed by atoms with van der Waals surface area (Å²) in [5.41, 5.74) is 5.73. The van der Waals surface area contributed by atoms with E-state index in [-0.39, 0.29) is 18.0 Å². The molecule has 0 aromatic carbocycles. The van der Waals surface area contributed by atoms with Gasteiger partial charge in [0.15, 0.2) is 0 Å². The molecule has 0 radical (unpaired) electrons. The summed E-state index contributed by atoms with van der Waals surface area (Å²) in [5.74, 6) is 0.188. The molecule has 18 heavy (non-hydrogen) atoms. The van der Waals surface area contributed by atoms with Crippen molar-refractivity contribution in [3.05, 3.63) is 0 Å². The molecule has 4 heteroatoms. The highest BCUT2D eigenvalue weighted by atomic mass is 16.2. The van der Waals surface area contributed by atoms with Gasteiger partial charge in [-0.2, -0.15) is 0 Å². The largest absolute Gasteiger partial charge is 0.351 e. The van der Waals surface area contributed by atoms with Crippen LogP contribution in [0.1, 0.15) is 52.4 Å². The normalized spacial score (nSPS) is 22.1. The third-order valence-electron chi connectivity index (χ3n) is 3.71. The number of nitrogens with zero attached hydrogens (tertiary/aromatic N) is 1. The van der Waals surface area contributed by atoms with Gasteiger partial charge in [-0.25, -0.2) is 0 Å². The Balaban J connectivity index is 2.42. The molecule has 1 fully saturated rings. The lowest BCUT2D eigenvalue weighted by atomic mass is 10.1. The van der Waals surface area contributed by atoms with Crippen molar-refractivity contribution in [1.29, 1.82) is 0 Å². The predicted octanol–water partition coefficient (Wildman–Crippen LogP) is 1.49. The number of rotatable bonds is 8. The Morgan fingerprint density at radius 1 is 1.44 bits per heavy atom. The maximum Gasteiger partial charge on any atom is 0.237 e. The Morgan fingerprint density at radius 3 is 2.83 bits per heavy atom. The van der Waals surface area contributed by atoms with E-state index in [2.05, 4.69) is 24.1 Å². The second-order valence-electron chi connectivity index (χ2n) is 5.28. The van der Waals surface area contributed by atoms with E-state index < -0.39 is 0 Å². The molecule has 4 nitrogen and oxygen atoms in total. The van der Waals surface area contributed by atoms with E-state index in [4.69, 9.17) is 5.73 Å². The minimum absolute atomic E-state index is 0.0839. The van der Waals surface area contributed by atoms with E-state index in [1.54, 1.807) is 0 Å². The van der Waals surface area contributed by atoms with Gasteiger partial charge in [-0.15, -0.1) is 0 Å². The maximum absolute atomic E-state index is 12.3. The molecule has 1 aliphatic heterocycles. The van der Waals surface area contributed by atoms with Gasteiger partial charge < -0.3 is 11.1 Å². The van der Waals surface area contributed by atoms with Crippen LogP contribution < -0.4 is 11.1 Å². The van der Waals surface area contributed by atoms with Crippen molar-refractivity contribution in [3.63, 3.8) is 0 Å². The van der Waals surface area contributed by atoms with Crippen LogP contribution in [0.25, 0.3) is 0 Å². The Kier molecular flexibility index (Phi) is 7.28. The molecule has 106 valence electrons. The molecule has 1 amide bonds. The molecule has 0 aliphatic carbocycles. The van der Waals surface area contributed by atoms with E-state index in [0.29, 0.717) is 6.54 Å². The Bertz CT molecular complexity index is 245. The van der Waals surface area contributed by atoms with Crippen LogP contribution in [0, 0.1) is 0 Å². The van der Waals surface area contributed by atoms with Gasteiger partial charge in [0.2, 0.25) is 5.91 Å². The third kappa shape index (κ3) is 4.58. The highest BCUT2D eigenvalue weighted by Crippen LogP contribution is 2.17. The maximum atomic E-state index is 12.3. The summed E-state index contributed by atoms with van der Waals surface area (Å²) in [7, 11) is 0. The minimum atomic E-state index is 0.0839. The Morgan fingerprint density at radius 2 is 2.22 bits per heavy atom. The average molecular weight is 255 g/mol. The number of amides is 1. The van der Waals surface area contributed by atoms with Crippen molar-refractivity contribution in [2.24, 2.45) is 5.73 Å². The van der Waals surface area contributed by atoms with Crippen LogP contribution in [0.3, 0.4) is 0 Å². The summed E-state index contributed by atoms with van der Waals surface area (Å²) in [5, 5.41) is 3.13. The quantitative estimate of drug-likeness (QED) is 0.691. The number of hydrogen-bond donors (Lipinski definition) is 2. The molecule has 1 aliphatic rings. The van der Waals surface area contributed by atoms with Gasteiger partial charge in [0.1, 0.15) is 0 Å². The summed E-state index contributed by atoms with van der Waals surface area (Å²) in [4.78, 5) is 14.6. The fourth-order valence-electron chi connectivity index (χ4n) is 2.67. The van der Waals surface area contributed by atoms with Crippen molar-refractivity contribution >= 4 is 5.91 Å². The molecule has 3 N–H and O–H groups in total. The summed E-state index contributed by atoms with van der Waals surface area (Å²) in [6.45, 7) is 6.97. The lowest BCUT2D eigenvalue weighted by molar-refractivity contribution is -0.126. The molecule has 0 aromatic heterocycles. The lowest BCUT2D eigenvalue weighted by Gasteiger charge is -2.25. The van der Waals surface area contributed by atoms with Gasteiger partial charge in [0.05, 0.1) is 6.04 Å². The summed E-state index contributed by atoms with van der Waals surface area (Å²) in [6, 6.07) is 0.238. The van der Waals surface area contributed by atoms with Crippen LogP contribution in [-0.4, -0.2) is 42.5 Å². The molecule has 2 atom stereocenters. The van der Waals surface area contributed by atoms with Crippen LogP contribution in [0.2, 0.25) is 0 Å². The molecule has 0 aromatic rings. The van der Waals surface area contributed by atoms with Crippen LogP contribution in [-0.2, 0) is 4.79 Å². The van der Waals surface area contributed by atoms with E-state index in [0.717, 1.165) is 51.6 Å². The van der Waals surface area contributed by atoms with Crippen LogP contribution in [0.5, 0.6) is 0 Å². The van der Waals surface area contributed by atoms with Crippen molar-refractivity contribution in [3.8, 4) is 0 Å². The fourth-order valence-corrected chi connectivity index (χ4v) is 2.67. The second-order valence-corrected chi connectivity index (χ2v) is 5.28. The molecular formula is C14H29N3O. The topological polar surface area (TPSA) is 58.4 Å². The van der Waals surface area contributed by atoms with Crippen molar-refractivity contribution < 1.29 is 4.79 Å². The average Bonchev–Trinajstić information content (AvgIpc) is 2.83. The minimum Gasteiger partial charge on any atom is -0.351 e. The van der Waals surface area contributed by atoms with Gasteiger partial charge in [0, 0.05) is 12.6 Å². The van der Waals surface area contributed by atoms with Gasteiger partial charge in [-0.1, -0.05) is 26.7 Å². The monoisotopic (exact) mass is 255 g/mol. The second kappa shape index (κ2) is 8.48. The third-order valence-corrected chi connectivity index (χ3v) is 3.71. The molecule has 1 saturated heterocycles. The first kappa shape index (κ1) is 15.4. The molecular weight excluding hydrogens is 226 g/mol. The number of carbonyl (C=O) groups excluding carboxylic acids is 1. The van der Waals surface area contributed by atoms with Gasteiger partial charge >= 0.3 is 0 Å². The number of likely N-dealkylation sites (tertiary alicyclic amines) is 1. The van der Waals surface area contributed by atoms with Gasteiger partial charge in [0.25, 0.3) is 0 Å². The number of unbranched alkanes of at least 4 members (excludes halogenated alkanes) is 1. The van der Waals surface area contributed by atoms with Crippen LogP contribution in [0.4, 0.5) is 0 Å². The van der Waals surface area contributed by atoms with Crippen LogP contribution >= 0.6 is 0 Å². The molecule has 0 spiro atoms. The first-order valence-corrected chi connectivity index (χ1v) is 7.47. The molecule has 0 bridgehead atoms. The van der Waals surface area contributed by atoms with Crippen molar-refractivity contribution in [1.82, 2.24) is 10.2 Å². The van der Waals surface area contributed by atoms with E-state index in [9.17, 15) is 4.79 Å². The Labute approximate surface area is 111 Å². The first-order valence-electron chi connectivity index (χ1n) is 7.47. The molecule has 0 saturated carbocycles. The highest BCUT2D eigenvalue weighted by Gasteiger charge is 2.30. The summed E-state index contributed by atoms with van der Waals surface area (Å²) < 4.78 is 0. The summed E-state index contributed by atoms with van der Waals surface area (Å²) in [6.07, 6.45) is 6.53. The molecule has 1 rings (SSSR count). The SMILES string of the molecule is CCCCC(CN)NC(=O)C1CCCN1CCC. The van der Waals surface area contributed by atoms with Crippen molar-refractivity contribution in [2.75, 3.05) is 19.6 Å². The number of nitrogens with one attached hydrogen (secondary N) is 1. The summed E-state index contributed by atoms with van der Waals surface area (Å²) >= 11 is 0. The lowest BCUT2D eigenvalue weighted by Crippen LogP contribution is -2.49. The van der Waals surface area contributed by atoms with Crippen molar-refractivity contribution in [2.45, 2.75) is 64.5 Å². The zero-order valence-corrected chi connectivity index (χ0v) is 12.0. The van der Waals surface area contributed by atoms with Crippen LogP contribution in [0.15, 0.2) is 0 Å². The number of hydrogen-bond acceptors (Lipinski definition) is 3. The predicted molar refractivity (Wildman–Crippen MR) is 75.4 cm³/mol. The zero-order valence-electron chi connectivity index (χ0n) is 12.0. The number of carbonyl (C=O) groups is 1. The van der Waals surface area contributed by atoms with E-state index in [1.807, 2.05) is 0 Å². The smallest absolute Gasteiger partial charge is 0.237 e. The fraction of sp³-hybridized carbons (Fsp3) is 0.929. The standard InChI is InChI=1S/C14H29N3O/c1-3-5-7-12(11-15)16-14(18)13-8-6-10-17(13)9-4-2/h12-13H,3-11,15H2,1-2H3,(H,16,18). The molecule has 1 heterocycles. The Hall–Kier alpha value is -0.610. The highest BCUT2D eigenvalue weighted by molar-refractivity contribution is 5.82. The first-order chi connectivity index (χ1) is 8.72. The van der Waals surface area contributed by atoms with E-state index >= 15 is 0 Å². The van der Waals surface area contributed by atoms with Gasteiger partial charge in [-0.3, -0.25) is 9.69 Å².